The summed E-state index contributed by atoms with van der Waals surface area (Å²) in [6.45, 7) is 13.0. The van der Waals surface area contributed by atoms with E-state index in [1.165, 1.54) is 11.3 Å². The van der Waals surface area contributed by atoms with E-state index in [0.717, 1.165) is 37.3 Å². The Labute approximate surface area is 131 Å². The van der Waals surface area contributed by atoms with Gasteiger partial charge in [-0.15, -0.1) is 0 Å². The molecule has 0 bridgehead atoms. The normalized spacial score (nSPS) is 12.4. The van der Waals surface area contributed by atoms with Crippen LogP contribution in [0.3, 0.4) is 0 Å². The largest absolute Gasteiger partial charge is 0.380 e. The Morgan fingerprint density at radius 3 is 2.65 bits per heavy atom. The van der Waals surface area contributed by atoms with Crippen molar-refractivity contribution in [2.24, 2.45) is 0 Å². The van der Waals surface area contributed by atoms with E-state index < -0.39 is 0 Å². The molecule has 0 aliphatic heterocycles. The summed E-state index contributed by atoms with van der Waals surface area (Å²) in [5.74, 6) is 0. The van der Waals surface area contributed by atoms with E-state index in [1.54, 1.807) is 0 Å². The van der Waals surface area contributed by atoms with Gasteiger partial charge in [0.1, 0.15) is 0 Å². The van der Waals surface area contributed by atoms with Crippen molar-refractivity contribution in [1.29, 1.82) is 0 Å². The molecule has 114 valence electrons. The van der Waals surface area contributed by atoms with Crippen molar-refractivity contribution >= 4 is 21.6 Å². The van der Waals surface area contributed by atoms with Gasteiger partial charge in [0.25, 0.3) is 0 Å². The first-order valence-electron chi connectivity index (χ1n) is 7.49. The number of halogens is 1. The maximum absolute atomic E-state index is 5.50. The van der Waals surface area contributed by atoms with Crippen LogP contribution in [0, 0.1) is 0 Å². The highest BCUT2D eigenvalue weighted by Gasteiger charge is 2.14. The molecule has 1 atom stereocenters. The average Bonchev–Trinajstić information content (AvgIpc) is 2.44. The molecule has 1 aromatic rings. The summed E-state index contributed by atoms with van der Waals surface area (Å²) in [6.07, 6.45) is 0. The minimum Gasteiger partial charge on any atom is -0.380 e. The molecule has 1 unspecified atom stereocenters. The number of nitrogens with one attached hydrogen (secondary N) is 1. The van der Waals surface area contributed by atoms with Crippen LogP contribution in [0.1, 0.15) is 39.3 Å². The van der Waals surface area contributed by atoms with Crippen molar-refractivity contribution in [3.8, 4) is 0 Å². The highest BCUT2D eigenvalue weighted by Crippen LogP contribution is 2.29. The lowest BCUT2D eigenvalue weighted by atomic mass is 10.0. The third-order valence-electron chi connectivity index (χ3n) is 3.40. The number of ether oxygens (including phenoxy) is 1. The van der Waals surface area contributed by atoms with Gasteiger partial charge in [-0.2, -0.15) is 0 Å². The second-order valence-corrected chi connectivity index (χ2v) is 5.67. The Kier molecular flexibility index (Phi) is 8.19. The SMILES string of the molecule is CCNC(C)c1ccc(Br)cc1N(CC)CCOCC. The topological polar surface area (TPSA) is 24.5 Å². The third-order valence-corrected chi connectivity index (χ3v) is 3.89. The predicted octanol–water partition coefficient (Wildman–Crippen LogP) is 3.98. The Hall–Kier alpha value is -0.580. The first kappa shape index (κ1) is 17.5. The van der Waals surface area contributed by atoms with Crippen molar-refractivity contribution in [2.75, 3.05) is 37.7 Å². The number of rotatable bonds is 9. The van der Waals surface area contributed by atoms with Gasteiger partial charge < -0.3 is 15.0 Å². The summed E-state index contributed by atoms with van der Waals surface area (Å²) >= 11 is 3.59. The van der Waals surface area contributed by atoms with E-state index in [-0.39, 0.29) is 0 Å². The van der Waals surface area contributed by atoms with Gasteiger partial charge in [0, 0.05) is 35.9 Å². The molecule has 0 spiro atoms. The Morgan fingerprint density at radius 1 is 1.30 bits per heavy atom. The monoisotopic (exact) mass is 342 g/mol. The molecular weight excluding hydrogens is 316 g/mol. The van der Waals surface area contributed by atoms with Crippen LogP contribution in [0.5, 0.6) is 0 Å². The van der Waals surface area contributed by atoms with Crippen LogP contribution in [-0.4, -0.2) is 32.8 Å². The molecule has 0 aliphatic carbocycles. The Bertz CT molecular complexity index is 398. The van der Waals surface area contributed by atoms with Gasteiger partial charge in [-0.05, 0) is 45.0 Å². The minimum absolute atomic E-state index is 0.351. The molecule has 0 heterocycles. The second kappa shape index (κ2) is 9.37. The lowest BCUT2D eigenvalue weighted by molar-refractivity contribution is 0.154. The van der Waals surface area contributed by atoms with Gasteiger partial charge in [-0.1, -0.05) is 28.9 Å². The van der Waals surface area contributed by atoms with Crippen LogP contribution in [-0.2, 0) is 4.74 Å². The van der Waals surface area contributed by atoms with E-state index in [0.29, 0.717) is 6.04 Å². The fourth-order valence-electron chi connectivity index (χ4n) is 2.34. The molecule has 0 radical (unpaired) electrons. The van der Waals surface area contributed by atoms with Crippen LogP contribution in [0.2, 0.25) is 0 Å². The van der Waals surface area contributed by atoms with E-state index in [4.69, 9.17) is 4.74 Å². The molecule has 0 fully saturated rings. The fraction of sp³-hybridized carbons (Fsp3) is 0.625. The Morgan fingerprint density at radius 2 is 2.05 bits per heavy atom. The first-order valence-corrected chi connectivity index (χ1v) is 8.28. The number of hydrogen-bond donors (Lipinski definition) is 1. The van der Waals surface area contributed by atoms with Gasteiger partial charge in [0.05, 0.1) is 6.61 Å². The summed E-state index contributed by atoms with van der Waals surface area (Å²) in [4.78, 5) is 2.38. The molecule has 0 aromatic heterocycles. The van der Waals surface area contributed by atoms with E-state index >= 15 is 0 Å². The summed E-state index contributed by atoms with van der Waals surface area (Å²) in [5.41, 5.74) is 2.63. The van der Waals surface area contributed by atoms with Crippen molar-refractivity contribution < 1.29 is 4.74 Å². The quantitative estimate of drug-likeness (QED) is 0.687. The summed E-state index contributed by atoms with van der Waals surface area (Å²) in [7, 11) is 0. The zero-order valence-electron chi connectivity index (χ0n) is 13.1. The number of hydrogen-bond acceptors (Lipinski definition) is 3. The van der Waals surface area contributed by atoms with Crippen molar-refractivity contribution in [2.45, 2.75) is 33.7 Å². The number of benzene rings is 1. The zero-order valence-corrected chi connectivity index (χ0v) is 14.7. The number of likely N-dealkylation sites (N-methyl/N-ethyl adjacent to an activating group) is 1. The lowest BCUT2D eigenvalue weighted by Crippen LogP contribution is -2.29. The van der Waals surface area contributed by atoms with Gasteiger partial charge in [0.15, 0.2) is 0 Å². The van der Waals surface area contributed by atoms with Crippen LogP contribution in [0.25, 0.3) is 0 Å². The van der Waals surface area contributed by atoms with Crippen LogP contribution >= 0.6 is 15.9 Å². The maximum Gasteiger partial charge on any atom is 0.0641 e. The van der Waals surface area contributed by atoms with Crippen molar-refractivity contribution in [3.63, 3.8) is 0 Å². The number of anilines is 1. The molecule has 1 N–H and O–H groups in total. The molecule has 0 amide bonds. The van der Waals surface area contributed by atoms with E-state index in [9.17, 15) is 0 Å². The second-order valence-electron chi connectivity index (χ2n) is 4.76. The zero-order chi connectivity index (χ0) is 15.0. The van der Waals surface area contributed by atoms with Crippen LogP contribution in [0.4, 0.5) is 5.69 Å². The van der Waals surface area contributed by atoms with Gasteiger partial charge in [0.2, 0.25) is 0 Å². The molecule has 1 rings (SSSR count). The first-order chi connectivity index (χ1) is 9.63. The van der Waals surface area contributed by atoms with Gasteiger partial charge >= 0.3 is 0 Å². The van der Waals surface area contributed by atoms with E-state index in [1.807, 2.05) is 6.92 Å². The number of nitrogens with zero attached hydrogens (tertiary/aromatic N) is 1. The molecule has 1 aromatic carbocycles. The van der Waals surface area contributed by atoms with Crippen LogP contribution in [0.15, 0.2) is 22.7 Å². The lowest BCUT2D eigenvalue weighted by Gasteiger charge is -2.28. The van der Waals surface area contributed by atoms with Crippen LogP contribution < -0.4 is 10.2 Å². The van der Waals surface area contributed by atoms with Gasteiger partial charge in [-0.25, -0.2) is 0 Å². The molecule has 0 aliphatic rings. The van der Waals surface area contributed by atoms with Gasteiger partial charge in [-0.3, -0.25) is 0 Å². The minimum atomic E-state index is 0.351. The molecule has 0 saturated heterocycles. The molecule has 0 saturated carbocycles. The Balaban J connectivity index is 2.95. The molecule has 4 heteroatoms. The summed E-state index contributed by atoms with van der Waals surface area (Å²) in [5, 5.41) is 3.49. The van der Waals surface area contributed by atoms with Crippen molar-refractivity contribution in [3.05, 3.63) is 28.2 Å². The average molecular weight is 343 g/mol. The molecular formula is C16H27BrN2O. The maximum atomic E-state index is 5.50. The molecule has 3 nitrogen and oxygen atoms in total. The predicted molar refractivity (Wildman–Crippen MR) is 90.6 cm³/mol. The summed E-state index contributed by atoms with van der Waals surface area (Å²) < 4.78 is 6.62. The highest BCUT2D eigenvalue weighted by molar-refractivity contribution is 9.10. The van der Waals surface area contributed by atoms with E-state index in [2.05, 4.69) is 65.1 Å². The fourth-order valence-corrected chi connectivity index (χ4v) is 2.69. The molecule has 20 heavy (non-hydrogen) atoms. The standard InChI is InChI=1S/C16H27BrN2O/c1-5-18-13(4)15-9-8-14(17)12-16(15)19(6-2)10-11-20-7-3/h8-9,12-13,18H,5-7,10-11H2,1-4H3. The highest BCUT2D eigenvalue weighted by atomic mass is 79.9. The smallest absolute Gasteiger partial charge is 0.0641 e. The third kappa shape index (κ3) is 5.08. The van der Waals surface area contributed by atoms with Crippen molar-refractivity contribution in [1.82, 2.24) is 5.32 Å². The summed E-state index contributed by atoms with van der Waals surface area (Å²) in [6, 6.07) is 6.88.